The molecule has 0 bridgehead atoms. The molecule has 148 valence electrons. The highest BCUT2D eigenvalue weighted by molar-refractivity contribution is 5.95. The first-order valence-corrected chi connectivity index (χ1v) is 10.5. The van der Waals surface area contributed by atoms with Gasteiger partial charge in [-0.1, -0.05) is 38.8 Å². The van der Waals surface area contributed by atoms with Crippen molar-refractivity contribution in [1.82, 2.24) is 0 Å². The molecule has 0 N–H and O–H groups in total. The highest BCUT2D eigenvalue weighted by Crippen LogP contribution is 2.40. The summed E-state index contributed by atoms with van der Waals surface area (Å²) in [7, 11) is 0. The molecule has 1 heterocycles. The number of hydrogen-bond acceptors (Lipinski definition) is 2. The highest BCUT2D eigenvalue weighted by atomic mass is 16.3. The van der Waals surface area contributed by atoms with E-state index in [0.717, 1.165) is 25.3 Å². The van der Waals surface area contributed by atoms with Crippen molar-refractivity contribution in [3.63, 3.8) is 0 Å². The van der Waals surface area contributed by atoms with Crippen molar-refractivity contribution >= 4 is 11.3 Å². The molecule has 0 atom stereocenters. The van der Waals surface area contributed by atoms with Crippen molar-refractivity contribution in [3.8, 4) is 0 Å². The molecule has 2 nitrogen and oxygen atoms in total. The van der Waals surface area contributed by atoms with E-state index in [1.165, 1.54) is 59.3 Å². The van der Waals surface area contributed by atoms with Crippen molar-refractivity contribution in [2.45, 2.75) is 73.1 Å². The van der Waals surface area contributed by atoms with Crippen molar-refractivity contribution in [3.05, 3.63) is 53.5 Å². The van der Waals surface area contributed by atoms with Crippen LogP contribution in [0, 0.1) is 11.8 Å². The molecule has 27 heavy (non-hydrogen) atoms. The SMILES string of the molecule is C=C(CCN=C(C=C(C)C)CC)/C(=C(\C)c1ccoc1)C1CCC(C)CC1. The van der Waals surface area contributed by atoms with E-state index < -0.39 is 0 Å². The van der Waals surface area contributed by atoms with Crippen LogP contribution in [-0.4, -0.2) is 12.3 Å². The smallest absolute Gasteiger partial charge is 0.0977 e. The fourth-order valence-corrected chi connectivity index (χ4v) is 4.10. The van der Waals surface area contributed by atoms with E-state index >= 15 is 0 Å². The molecular formula is C25H37NO. The third-order valence-electron chi connectivity index (χ3n) is 5.71. The maximum Gasteiger partial charge on any atom is 0.0977 e. The van der Waals surface area contributed by atoms with Crippen LogP contribution in [0.4, 0.5) is 0 Å². The first-order chi connectivity index (χ1) is 12.9. The van der Waals surface area contributed by atoms with Gasteiger partial charge in [0.05, 0.1) is 12.5 Å². The van der Waals surface area contributed by atoms with Crippen LogP contribution in [0.25, 0.3) is 5.57 Å². The van der Waals surface area contributed by atoms with Crippen LogP contribution >= 0.6 is 0 Å². The number of furan rings is 1. The standard InChI is InChI=1S/C25H37NO/c1-7-24(16-18(2)3)26-14-12-20(5)25(21(6)23-13-15-27-17-23)22-10-8-19(4)9-11-22/h13,15-17,19,22H,5,7-12,14H2,1-4,6H3/b25-21-,26-24?. The van der Waals surface area contributed by atoms with Gasteiger partial charge in [0, 0.05) is 17.8 Å². The first kappa shape index (κ1) is 21.5. The van der Waals surface area contributed by atoms with Crippen LogP contribution < -0.4 is 0 Å². The number of hydrogen-bond donors (Lipinski definition) is 0. The van der Waals surface area contributed by atoms with E-state index in [4.69, 9.17) is 9.41 Å². The molecule has 1 aromatic heterocycles. The van der Waals surface area contributed by atoms with Gasteiger partial charge in [-0.25, -0.2) is 0 Å². The minimum atomic E-state index is 0.621. The van der Waals surface area contributed by atoms with Crippen LogP contribution in [0.5, 0.6) is 0 Å². The van der Waals surface area contributed by atoms with Gasteiger partial charge >= 0.3 is 0 Å². The van der Waals surface area contributed by atoms with E-state index in [1.54, 1.807) is 6.26 Å². The fraction of sp³-hybridized carbons (Fsp3) is 0.560. The molecule has 2 rings (SSSR count). The fourth-order valence-electron chi connectivity index (χ4n) is 4.10. The van der Waals surface area contributed by atoms with Gasteiger partial charge in [0.15, 0.2) is 0 Å². The molecule has 0 radical (unpaired) electrons. The average Bonchev–Trinajstić information content (AvgIpc) is 3.17. The zero-order valence-electron chi connectivity index (χ0n) is 18.0. The third kappa shape index (κ3) is 6.37. The minimum absolute atomic E-state index is 0.621. The Hall–Kier alpha value is -1.83. The molecule has 0 aromatic carbocycles. The molecule has 0 aliphatic heterocycles. The Bertz CT molecular complexity index is 691. The van der Waals surface area contributed by atoms with Crippen molar-refractivity contribution in [2.24, 2.45) is 16.8 Å². The molecule has 1 saturated carbocycles. The van der Waals surface area contributed by atoms with Gasteiger partial charge in [0.2, 0.25) is 0 Å². The lowest BCUT2D eigenvalue weighted by Gasteiger charge is -2.30. The van der Waals surface area contributed by atoms with Crippen LogP contribution in [-0.2, 0) is 0 Å². The lowest BCUT2D eigenvalue weighted by Crippen LogP contribution is -2.16. The van der Waals surface area contributed by atoms with Crippen molar-refractivity contribution in [2.75, 3.05) is 6.54 Å². The Kier molecular flexibility index (Phi) is 8.34. The highest BCUT2D eigenvalue weighted by Gasteiger charge is 2.25. The third-order valence-corrected chi connectivity index (χ3v) is 5.71. The van der Waals surface area contributed by atoms with E-state index in [-0.39, 0.29) is 0 Å². The molecule has 1 aliphatic rings. The summed E-state index contributed by atoms with van der Waals surface area (Å²) in [4.78, 5) is 4.82. The van der Waals surface area contributed by atoms with Crippen molar-refractivity contribution in [1.29, 1.82) is 0 Å². The zero-order chi connectivity index (χ0) is 19.8. The zero-order valence-corrected chi connectivity index (χ0v) is 18.0. The summed E-state index contributed by atoms with van der Waals surface area (Å²) in [6.45, 7) is 16.3. The monoisotopic (exact) mass is 367 g/mol. The second-order valence-electron chi connectivity index (χ2n) is 8.31. The maximum absolute atomic E-state index is 5.34. The van der Waals surface area contributed by atoms with Gasteiger partial charge in [-0.05, 0) is 87.2 Å². The van der Waals surface area contributed by atoms with Gasteiger partial charge in [-0.3, -0.25) is 4.99 Å². The summed E-state index contributed by atoms with van der Waals surface area (Å²) in [5, 5.41) is 0. The van der Waals surface area contributed by atoms with Crippen molar-refractivity contribution < 1.29 is 4.42 Å². The molecule has 0 amide bonds. The molecule has 0 saturated heterocycles. The Morgan fingerprint density at radius 1 is 1.22 bits per heavy atom. The number of aliphatic imine (C=N–C) groups is 1. The summed E-state index contributed by atoms with van der Waals surface area (Å²) < 4.78 is 5.34. The van der Waals surface area contributed by atoms with Gasteiger partial charge < -0.3 is 4.42 Å². The lowest BCUT2D eigenvalue weighted by atomic mass is 9.75. The van der Waals surface area contributed by atoms with Gasteiger partial charge in [-0.2, -0.15) is 0 Å². The molecule has 0 spiro atoms. The maximum atomic E-state index is 5.34. The quantitative estimate of drug-likeness (QED) is 0.342. The van der Waals surface area contributed by atoms with E-state index in [2.05, 4.69) is 53.3 Å². The number of nitrogens with zero attached hydrogens (tertiary/aromatic N) is 1. The summed E-state index contributed by atoms with van der Waals surface area (Å²) in [5.74, 6) is 1.47. The summed E-state index contributed by atoms with van der Waals surface area (Å²) in [6.07, 6.45) is 12.9. The Morgan fingerprint density at radius 3 is 2.48 bits per heavy atom. The number of allylic oxidation sites excluding steroid dienone is 4. The second kappa shape index (κ2) is 10.5. The minimum Gasteiger partial charge on any atom is -0.472 e. The molecule has 1 fully saturated rings. The molecule has 0 unspecified atom stereocenters. The second-order valence-corrected chi connectivity index (χ2v) is 8.31. The Labute approximate surface area is 166 Å². The summed E-state index contributed by atoms with van der Waals surface area (Å²) in [6, 6.07) is 2.07. The lowest BCUT2D eigenvalue weighted by molar-refractivity contribution is 0.322. The Balaban J connectivity index is 2.18. The molecule has 2 heteroatoms. The van der Waals surface area contributed by atoms with Crippen LogP contribution in [0.3, 0.4) is 0 Å². The van der Waals surface area contributed by atoms with Gasteiger partial charge in [0.25, 0.3) is 0 Å². The average molecular weight is 368 g/mol. The normalized spacial score (nSPS) is 21.6. The summed E-state index contributed by atoms with van der Waals surface area (Å²) >= 11 is 0. The van der Waals surface area contributed by atoms with Gasteiger partial charge in [-0.15, -0.1) is 0 Å². The number of rotatable bonds is 8. The predicted molar refractivity (Wildman–Crippen MR) is 118 cm³/mol. The largest absolute Gasteiger partial charge is 0.472 e. The molecular weight excluding hydrogens is 330 g/mol. The summed E-state index contributed by atoms with van der Waals surface area (Å²) in [5.41, 5.74) is 7.72. The van der Waals surface area contributed by atoms with E-state index in [0.29, 0.717) is 5.92 Å². The Morgan fingerprint density at radius 2 is 1.93 bits per heavy atom. The predicted octanol–water partition coefficient (Wildman–Crippen LogP) is 7.64. The first-order valence-electron chi connectivity index (χ1n) is 10.5. The molecule has 1 aromatic rings. The van der Waals surface area contributed by atoms with Crippen LogP contribution in [0.2, 0.25) is 0 Å². The van der Waals surface area contributed by atoms with E-state index in [9.17, 15) is 0 Å². The van der Waals surface area contributed by atoms with Gasteiger partial charge in [0.1, 0.15) is 0 Å². The van der Waals surface area contributed by atoms with E-state index in [1.807, 2.05) is 6.26 Å². The van der Waals surface area contributed by atoms with Crippen LogP contribution in [0.1, 0.15) is 78.7 Å². The topological polar surface area (TPSA) is 25.5 Å². The van der Waals surface area contributed by atoms with Crippen LogP contribution in [0.15, 0.2) is 57.4 Å². The molecule has 1 aliphatic carbocycles.